The number of hydrogen-bond acceptors (Lipinski definition) is 4. The lowest BCUT2D eigenvalue weighted by Gasteiger charge is -2.18. The maximum absolute atomic E-state index is 12.1. The maximum Gasteiger partial charge on any atom is 0.334 e. The van der Waals surface area contributed by atoms with E-state index in [9.17, 15) is 19.2 Å². The Morgan fingerprint density at radius 1 is 1.19 bits per heavy atom. The molecule has 2 rings (SSSR count). The van der Waals surface area contributed by atoms with Crippen LogP contribution in [0.15, 0.2) is 28.7 Å². The number of hydrogen-bond donors (Lipinski definition) is 0. The minimum absolute atomic E-state index is 0.362. The van der Waals surface area contributed by atoms with E-state index < -0.39 is 36.2 Å². The highest BCUT2D eigenvalue weighted by Gasteiger charge is 2.46. The topological polar surface area (TPSA) is 74.8 Å². The van der Waals surface area contributed by atoms with E-state index in [1.54, 1.807) is 38.1 Å². The predicted molar refractivity (Wildman–Crippen MR) is 77.6 cm³/mol. The van der Waals surface area contributed by atoms with Gasteiger partial charge in [0.15, 0.2) is 5.78 Å². The molecule has 4 amide bonds. The third-order valence-corrected chi connectivity index (χ3v) is 3.54. The second-order valence-electron chi connectivity index (χ2n) is 4.88. The molecule has 110 valence electrons. The van der Waals surface area contributed by atoms with E-state index >= 15 is 0 Å². The predicted octanol–water partition coefficient (Wildman–Crippen LogP) is 1.83. The molecule has 1 fully saturated rings. The van der Waals surface area contributed by atoms with Crippen molar-refractivity contribution in [3.05, 3.63) is 34.3 Å². The smallest absolute Gasteiger partial charge is 0.292 e. The molecule has 0 aromatic heterocycles. The minimum atomic E-state index is -0.961. The Labute approximate surface area is 129 Å². The Kier molecular flexibility index (Phi) is 4.22. The summed E-state index contributed by atoms with van der Waals surface area (Å²) in [4.78, 5) is 49.3. The zero-order valence-corrected chi connectivity index (χ0v) is 13.1. The molecule has 0 radical (unpaired) electrons. The second-order valence-corrected chi connectivity index (χ2v) is 5.79. The molecular weight excluding hydrogens is 340 g/mol. The van der Waals surface area contributed by atoms with E-state index in [-0.39, 0.29) is 0 Å². The molecule has 6 nitrogen and oxygen atoms in total. The van der Waals surface area contributed by atoms with Crippen LogP contribution in [0.4, 0.5) is 4.79 Å². The summed E-state index contributed by atoms with van der Waals surface area (Å²) in [5, 5.41) is 0. The molecular formula is C14H13BrN2O4. The summed E-state index contributed by atoms with van der Waals surface area (Å²) >= 11 is 3.24. The van der Waals surface area contributed by atoms with Gasteiger partial charge in [-0.25, -0.2) is 9.69 Å². The number of benzene rings is 1. The number of nitrogens with zero attached hydrogens (tertiary/aromatic N) is 2. The van der Waals surface area contributed by atoms with E-state index in [1.807, 2.05) is 0 Å². The molecule has 1 aromatic rings. The van der Waals surface area contributed by atoms with E-state index in [0.29, 0.717) is 14.9 Å². The van der Waals surface area contributed by atoms with Gasteiger partial charge in [0.25, 0.3) is 0 Å². The Balaban J connectivity index is 2.20. The third kappa shape index (κ3) is 2.87. The maximum atomic E-state index is 12.1. The first-order valence-corrected chi connectivity index (χ1v) is 7.10. The largest absolute Gasteiger partial charge is 0.334 e. The van der Waals surface area contributed by atoms with Crippen LogP contribution in [-0.4, -0.2) is 46.0 Å². The monoisotopic (exact) mass is 352 g/mol. The molecule has 1 aromatic carbocycles. The number of imide groups is 2. The van der Waals surface area contributed by atoms with Gasteiger partial charge in [0, 0.05) is 16.1 Å². The molecule has 0 saturated carbocycles. The van der Waals surface area contributed by atoms with Crippen molar-refractivity contribution < 1.29 is 19.2 Å². The van der Waals surface area contributed by atoms with Gasteiger partial charge < -0.3 is 0 Å². The average molecular weight is 353 g/mol. The summed E-state index contributed by atoms with van der Waals surface area (Å²) in [6, 6.07) is 5.43. The van der Waals surface area contributed by atoms with Gasteiger partial charge >= 0.3 is 17.8 Å². The van der Waals surface area contributed by atoms with Gasteiger partial charge in [-0.2, -0.15) is 0 Å². The molecule has 0 unspecified atom stereocenters. The molecule has 0 bridgehead atoms. The molecule has 7 heteroatoms. The van der Waals surface area contributed by atoms with Gasteiger partial charge in [0.1, 0.15) is 0 Å². The van der Waals surface area contributed by atoms with Crippen LogP contribution < -0.4 is 0 Å². The third-order valence-electron chi connectivity index (χ3n) is 3.05. The number of carbonyl (C=O) groups is 4. The second kappa shape index (κ2) is 5.77. The highest BCUT2D eigenvalue weighted by atomic mass is 79.9. The first-order chi connectivity index (χ1) is 9.82. The molecule has 1 heterocycles. The summed E-state index contributed by atoms with van der Waals surface area (Å²) < 4.78 is 0.715. The number of rotatable bonds is 4. The van der Waals surface area contributed by atoms with E-state index in [4.69, 9.17) is 0 Å². The van der Waals surface area contributed by atoms with E-state index in [1.165, 1.54) is 0 Å². The summed E-state index contributed by atoms with van der Waals surface area (Å²) in [5.41, 5.74) is 0.362. The summed E-state index contributed by atoms with van der Waals surface area (Å²) in [6.45, 7) is 2.81. The van der Waals surface area contributed by atoms with E-state index in [2.05, 4.69) is 15.9 Å². The molecule has 1 aliphatic rings. The van der Waals surface area contributed by atoms with Crippen LogP contribution in [0.25, 0.3) is 0 Å². The number of urea groups is 1. The average Bonchev–Trinajstić information content (AvgIpc) is 2.62. The van der Waals surface area contributed by atoms with E-state index in [0.717, 1.165) is 4.90 Å². The van der Waals surface area contributed by atoms with Crippen molar-refractivity contribution >= 4 is 39.6 Å². The lowest BCUT2D eigenvalue weighted by Crippen LogP contribution is -2.39. The number of carbonyl (C=O) groups excluding carboxylic acids is 4. The number of ketones is 1. The van der Waals surface area contributed by atoms with Crippen LogP contribution in [0.1, 0.15) is 24.2 Å². The normalized spacial score (nSPS) is 15.3. The molecule has 21 heavy (non-hydrogen) atoms. The Hall–Kier alpha value is -2.02. The number of amides is 4. The summed E-state index contributed by atoms with van der Waals surface area (Å²) in [5.74, 6) is -2.26. The molecule has 0 aliphatic carbocycles. The Morgan fingerprint density at radius 2 is 1.86 bits per heavy atom. The van der Waals surface area contributed by atoms with Crippen LogP contribution in [0.5, 0.6) is 0 Å². The minimum Gasteiger partial charge on any atom is -0.292 e. The highest BCUT2D eigenvalue weighted by Crippen LogP contribution is 2.17. The van der Waals surface area contributed by atoms with Crippen LogP contribution in [0, 0.1) is 0 Å². The zero-order chi connectivity index (χ0) is 15.7. The standard InChI is InChI=1S/C14H13BrN2O4/c1-8(2)17-13(20)12(19)16(14(17)21)7-11(18)9-4-3-5-10(15)6-9/h3-6,8H,7H2,1-2H3. The van der Waals surface area contributed by atoms with Gasteiger partial charge in [-0.05, 0) is 26.0 Å². The summed E-state index contributed by atoms with van der Waals surface area (Å²) in [7, 11) is 0. The van der Waals surface area contributed by atoms with Crippen LogP contribution in [0.3, 0.4) is 0 Å². The number of halogens is 1. The highest BCUT2D eigenvalue weighted by molar-refractivity contribution is 9.10. The van der Waals surface area contributed by atoms with Crippen molar-refractivity contribution in [2.24, 2.45) is 0 Å². The van der Waals surface area contributed by atoms with Crippen LogP contribution in [-0.2, 0) is 9.59 Å². The number of Topliss-reactive ketones (excluding diaryl/α,β-unsaturated/α-hetero) is 1. The quantitative estimate of drug-likeness (QED) is 0.470. The van der Waals surface area contributed by atoms with Crippen LogP contribution in [0.2, 0.25) is 0 Å². The lowest BCUT2D eigenvalue weighted by atomic mass is 10.1. The van der Waals surface area contributed by atoms with Gasteiger partial charge in [0.2, 0.25) is 0 Å². The van der Waals surface area contributed by atoms with Gasteiger partial charge in [0.05, 0.1) is 6.54 Å². The van der Waals surface area contributed by atoms with Crippen LogP contribution >= 0.6 is 15.9 Å². The SMILES string of the molecule is CC(C)N1C(=O)C(=O)N(CC(=O)c2cccc(Br)c2)C1=O. The first kappa shape index (κ1) is 15.4. The van der Waals surface area contributed by atoms with Crippen molar-refractivity contribution in [1.29, 1.82) is 0 Å². The Morgan fingerprint density at radius 3 is 2.38 bits per heavy atom. The van der Waals surface area contributed by atoms with Crippen molar-refractivity contribution in [2.45, 2.75) is 19.9 Å². The fraction of sp³-hybridized carbons (Fsp3) is 0.286. The van der Waals surface area contributed by atoms with Crippen molar-refractivity contribution in [3.8, 4) is 0 Å². The van der Waals surface area contributed by atoms with Gasteiger partial charge in [-0.15, -0.1) is 0 Å². The fourth-order valence-electron chi connectivity index (χ4n) is 2.01. The fourth-order valence-corrected chi connectivity index (χ4v) is 2.41. The zero-order valence-electron chi connectivity index (χ0n) is 11.5. The molecule has 1 aliphatic heterocycles. The van der Waals surface area contributed by atoms with Crippen molar-refractivity contribution in [2.75, 3.05) is 6.54 Å². The van der Waals surface area contributed by atoms with Gasteiger partial charge in [-0.3, -0.25) is 19.3 Å². The molecule has 1 saturated heterocycles. The van der Waals surface area contributed by atoms with Crippen molar-refractivity contribution in [1.82, 2.24) is 9.80 Å². The first-order valence-electron chi connectivity index (χ1n) is 6.30. The molecule has 0 N–H and O–H groups in total. The lowest BCUT2D eigenvalue weighted by molar-refractivity contribution is -0.143. The van der Waals surface area contributed by atoms with Crippen molar-refractivity contribution in [3.63, 3.8) is 0 Å². The van der Waals surface area contributed by atoms with Gasteiger partial charge in [-0.1, -0.05) is 28.1 Å². The summed E-state index contributed by atoms with van der Waals surface area (Å²) in [6.07, 6.45) is 0. The Bertz CT molecular complexity index is 642. The molecule has 0 atom stereocenters. The molecule has 0 spiro atoms.